The van der Waals surface area contributed by atoms with Crippen LogP contribution in [0.4, 0.5) is 0 Å². The highest BCUT2D eigenvalue weighted by molar-refractivity contribution is 5.90. The maximum Gasteiger partial charge on any atom is 0.324 e. The third-order valence-corrected chi connectivity index (χ3v) is 2.62. The highest BCUT2D eigenvalue weighted by Crippen LogP contribution is 2.32. The van der Waals surface area contributed by atoms with Crippen molar-refractivity contribution in [1.82, 2.24) is 4.90 Å². The molecule has 0 spiro atoms. The minimum absolute atomic E-state index is 0.256. The first kappa shape index (κ1) is 11.3. The van der Waals surface area contributed by atoms with Crippen molar-refractivity contribution in [3.8, 4) is 17.6 Å². The standard InChI is InChI=1S/C12H12N2O3/c1-14(12(15)7-13)5-4-9-2-3-10-11(6-9)17-8-16-10/h2-3,6H,4-5,8H2,1H3. The summed E-state index contributed by atoms with van der Waals surface area (Å²) in [5.41, 5.74) is 1.05. The number of likely N-dealkylation sites (N-methyl/N-ethyl adjacent to an activating group) is 1. The Kier molecular flexibility index (Phi) is 3.15. The van der Waals surface area contributed by atoms with E-state index in [0.717, 1.165) is 17.1 Å². The first-order valence-corrected chi connectivity index (χ1v) is 5.24. The number of fused-ring (bicyclic) bond motifs is 1. The molecule has 0 N–H and O–H groups in total. The normalized spacial score (nSPS) is 12.0. The lowest BCUT2D eigenvalue weighted by atomic mass is 10.1. The van der Waals surface area contributed by atoms with E-state index >= 15 is 0 Å². The molecule has 1 aromatic rings. The zero-order valence-electron chi connectivity index (χ0n) is 9.47. The molecule has 1 amide bonds. The van der Waals surface area contributed by atoms with Gasteiger partial charge in [0.1, 0.15) is 0 Å². The van der Waals surface area contributed by atoms with Crippen molar-refractivity contribution >= 4 is 5.91 Å². The van der Waals surface area contributed by atoms with Crippen LogP contribution in [0.25, 0.3) is 0 Å². The lowest BCUT2D eigenvalue weighted by Crippen LogP contribution is -2.27. The first-order chi connectivity index (χ1) is 8.20. The van der Waals surface area contributed by atoms with Crippen LogP contribution in [0.3, 0.4) is 0 Å². The van der Waals surface area contributed by atoms with Gasteiger partial charge in [-0.1, -0.05) is 6.07 Å². The molecule has 0 aromatic heterocycles. The maximum atomic E-state index is 11.0. The molecule has 2 rings (SSSR count). The summed E-state index contributed by atoms with van der Waals surface area (Å²) in [7, 11) is 1.61. The fraction of sp³-hybridized carbons (Fsp3) is 0.333. The number of ether oxygens (including phenoxy) is 2. The average molecular weight is 232 g/mol. The Morgan fingerprint density at radius 3 is 3.00 bits per heavy atom. The van der Waals surface area contributed by atoms with Gasteiger partial charge in [-0.2, -0.15) is 5.26 Å². The molecule has 17 heavy (non-hydrogen) atoms. The van der Waals surface area contributed by atoms with Gasteiger partial charge in [-0.05, 0) is 24.1 Å². The Balaban J connectivity index is 1.96. The van der Waals surface area contributed by atoms with Crippen LogP contribution in [0.5, 0.6) is 11.5 Å². The van der Waals surface area contributed by atoms with Gasteiger partial charge in [0.05, 0.1) is 0 Å². The van der Waals surface area contributed by atoms with Crippen molar-refractivity contribution in [2.24, 2.45) is 0 Å². The molecule has 0 atom stereocenters. The third-order valence-electron chi connectivity index (χ3n) is 2.62. The minimum atomic E-state index is -0.522. The molecule has 0 bridgehead atoms. The van der Waals surface area contributed by atoms with Crippen molar-refractivity contribution < 1.29 is 14.3 Å². The number of benzene rings is 1. The van der Waals surface area contributed by atoms with Crippen LogP contribution in [-0.4, -0.2) is 31.2 Å². The molecule has 0 saturated heterocycles. The van der Waals surface area contributed by atoms with E-state index in [4.69, 9.17) is 14.7 Å². The Bertz CT molecular complexity index is 479. The van der Waals surface area contributed by atoms with Crippen molar-refractivity contribution in [2.45, 2.75) is 6.42 Å². The zero-order chi connectivity index (χ0) is 12.3. The molecule has 88 valence electrons. The zero-order valence-corrected chi connectivity index (χ0v) is 9.47. The van der Waals surface area contributed by atoms with Crippen LogP contribution in [0.15, 0.2) is 18.2 Å². The largest absolute Gasteiger partial charge is 0.454 e. The van der Waals surface area contributed by atoms with E-state index in [0.29, 0.717) is 13.0 Å². The number of carbonyl (C=O) groups excluding carboxylic acids is 1. The van der Waals surface area contributed by atoms with Crippen LogP contribution >= 0.6 is 0 Å². The molecule has 0 fully saturated rings. The van der Waals surface area contributed by atoms with Gasteiger partial charge in [-0.15, -0.1) is 0 Å². The summed E-state index contributed by atoms with van der Waals surface area (Å²) in [5, 5.41) is 8.45. The van der Waals surface area contributed by atoms with Gasteiger partial charge in [-0.25, -0.2) is 0 Å². The SMILES string of the molecule is CN(CCc1ccc2c(c1)OCO2)C(=O)C#N. The first-order valence-electron chi connectivity index (χ1n) is 5.24. The van der Waals surface area contributed by atoms with Crippen LogP contribution in [-0.2, 0) is 11.2 Å². The van der Waals surface area contributed by atoms with E-state index in [9.17, 15) is 4.79 Å². The van der Waals surface area contributed by atoms with Crippen molar-refractivity contribution in [3.05, 3.63) is 23.8 Å². The van der Waals surface area contributed by atoms with Gasteiger partial charge in [-0.3, -0.25) is 4.79 Å². The highest BCUT2D eigenvalue weighted by Gasteiger charge is 2.13. The predicted molar refractivity (Wildman–Crippen MR) is 59.5 cm³/mol. The summed E-state index contributed by atoms with van der Waals surface area (Å²) < 4.78 is 10.5. The summed E-state index contributed by atoms with van der Waals surface area (Å²) in [6.45, 7) is 0.762. The second-order valence-corrected chi connectivity index (χ2v) is 3.78. The predicted octanol–water partition coefficient (Wildman–Crippen LogP) is 0.940. The summed E-state index contributed by atoms with van der Waals surface area (Å²) >= 11 is 0. The van der Waals surface area contributed by atoms with Crippen molar-refractivity contribution in [3.63, 3.8) is 0 Å². The number of nitriles is 1. The van der Waals surface area contributed by atoms with E-state index in [-0.39, 0.29) is 6.79 Å². The highest BCUT2D eigenvalue weighted by atomic mass is 16.7. The number of nitrogens with zero attached hydrogens (tertiary/aromatic N) is 2. The summed E-state index contributed by atoms with van der Waals surface area (Å²) in [6.07, 6.45) is 0.681. The second-order valence-electron chi connectivity index (χ2n) is 3.78. The van der Waals surface area contributed by atoms with Crippen LogP contribution < -0.4 is 9.47 Å². The number of hydrogen-bond donors (Lipinski definition) is 0. The lowest BCUT2D eigenvalue weighted by Gasteiger charge is -2.12. The van der Waals surface area contributed by atoms with Gasteiger partial charge < -0.3 is 14.4 Å². The van der Waals surface area contributed by atoms with Crippen molar-refractivity contribution in [2.75, 3.05) is 20.4 Å². The van der Waals surface area contributed by atoms with Crippen LogP contribution in [0, 0.1) is 11.3 Å². The fourth-order valence-electron chi connectivity index (χ4n) is 1.58. The summed E-state index contributed by atoms with van der Waals surface area (Å²) in [5.74, 6) is 0.956. The van der Waals surface area contributed by atoms with E-state index in [2.05, 4.69) is 0 Å². The third kappa shape index (κ3) is 2.48. The molecule has 1 aliphatic heterocycles. The van der Waals surface area contributed by atoms with Gasteiger partial charge in [0.25, 0.3) is 0 Å². The van der Waals surface area contributed by atoms with E-state index in [1.165, 1.54) is 4.90 Å². The second kappa shape index (κ2) is 4.74. The molecular weight excluding hydrogens is 220 g/mol. The molecule has 0 unspecified atom stereocenters. The van der Waals surface area contributed by atoms with Crippen molar-refractivity contribution in [1.29, 1.82) is 5.26 Å². The Labute approximate surface area is 99.2 Å². The molecule has 1 aromatic carbocycles. The molecule has 5 heteroatoms. The number of amides is 1. The molecule has 1 aliphatic rings. The molecule has 0 radical (unpaired) electrons. The maximum absolute atomic E-state index is 11.0. The Morgan fingerprint density at radius 2 is 2.24 bits per heavy atom. The fourth-order valence-corrected chi connectivity index (χ4v) is 1.58. The Hall–Kier alpha value is -2.22. The topological polar surface area (TPSA) is 62.6 Å². The average Bonchev–Trinajstić information content (AvgIpc) is 2.82. The van der Waals surface area contributed by atoms with Crippen LogP contribution in [0.2, 0.25) is 0 Å². The monoisotopic (exact) mass is 232 g/mol. The van der Waals surface area contributed by atoms with Crippen LogP contribution in [0.1, 0.15) is 5.56 Å². The molecule has 1 heterocycles. The summed E-state index contributed by atoms with van der Waals surface area (Å²) in [4.78, 5) is 12.4. The van der Waals surface area contributed by atoms with Gasteiger partial charge in [0.2, 0.25) is 6.79 Å². The number of carbonyl (C=O) groups is 1. The Morgan fingerprint density at radius 1 is 1.47 bits per heavy atom. The molecule has 0 aliphatic carbocycles. The molecular formula is C12H12N2O3. The molecule has 5 nitrogen and oxygen atoms in total. The smallest absolute Gasteiger partial charge is 0.324 e. The van der Waals surface area contributed by atoms with Gasteiger partial charge in [0.15, 0.2) is 17.6 Å². The van der Waals surface area contributed by atoms with Gasteiger partial charge in [0, 0.05) is 13.6 Å². The summed E-state index contributed by atoms with van der Waals surface area (Å²) in [6, 6.07) is 7.26. The van der Waals surface area contributed by atoms with E-state index < -0.39 is 5.91 Å². The molecule has 0 saturated carbocycles. The van der Waals surface area contributed by atoms with Gasteiger partial charge >= 0.3 is 5.91 Å². The number of rotatable bonds is 3. The van der Waals surface area contributed by atoms with E-state index in [1.807, 2.05) is 18.2 Å². The lowest BCUT2D eigenvalue weighted by molar-refractivity contribution is -0.124. The van der Waals surface area contributed by atoms with E-state index in [1.54, 1.807) is 13.1 Å². The minimum Gasteiger partial charge on any atom is -0.454 e. The number of hydrogen-bond acceptors (Lipinski definition) is 4. The quantitative estimate of drug-likeness (QED) is 0.727.